The molecule has 4 rings (SSSR count). The Morgan fingerprint density at radius 3 is 2.22 bits per heavy atom. The van der Waals surface area contributed by atoms with Crippen molar-refractivity contribution in [1.29, 1.82) is 0 Å². The fourth-order valence-corrected chi connectivity index (χ4v) is 3.00. The highest BCUT2D eigenvalue weighted by atomic mass is 16.5. The van der Waals surface area contributed by atoms with Crippen molar-refractivity contribution in [2.75, 3.05) is 11.9 Å². The van der Waals surface area contributed by atoms with Crippen LogP contribution in [0.15, 0.2) is 65.3 Å². The largest absolute Gasteiger partial charge is 0.338 e. The molecule has 1 aromatic heterocycles. The van der Waals surface area contributed by atoms with E-state index in [9.17, 15) is 14.4 Å². The van der Waals surface area contributed by atoms with Gasteiger partial charge in [-0.3, -0.25) is 24.6 Å². The number of nitrogens with one attached hydrogen (secondary N) is 1. The summed E-state index contributed by atoms with van der Waals surface area (Å²) in [5.74, 6) is -0.907. The molecule has 134 valence electrons. The second-order valence-electron chi connectivity index (χ2n) is 6.04. The Labute approximate surface area is 154 Å². The van der Waals surface area contributed by atoms with E-state index in [1.807, 2.05) is 30.3 Å². The molecule has 0 radical (unpaired) electrons. The zero-order valence-corrected chi connectivity index (χ0v) is 14.2. The fourth-order valence-electron chi connectivity index (χ4n) is 3.00. The Kier molecular flexibility index (Phi) is 4.25. The average molecular weight is 361 g/mol. The van der Waals surface area contributed by atoms with Crippen molar-refractivity contribution in [1.82, 2.24) is 10.1 Å². The van der Waals surface area contributed by atoms with Gasteiger partial charge >= 0.3 is 0 Å². The molecule has 1 aliphatic heterocycles. The summed E-state index contributed by atoms with van der Waals surface area (Å²) in [5, 5.41) is 6.38. The third-order valence-corrected chi connectivity index (χ3v) is 4.35. The van der Waals surface area contributed by atoms with Gasteiger partial charge in [-0.15, -0.1) is 0 Å². The molecule has 0 saturated carbocycles. The standard InChI is InChI=1S/C20H15N3O4/c24-17(22-18-16(12-21-27-18)13-6-2-1-3-7-13)10-11-23-19(25)14-8-4-5-9-15(14)20(23)26/h1-9,12H,10-11H2,(H,22,24). The lowest BCUT2D eigenvalue weighted by Gasteiger charge is -2.13. The van der Waals surface area contributed by atoms with Crippen LogP contribution in [0.25, 0.3) is 11.1 Å². The van der Waals surface area contributed by atoms with Crippen LogP contribution in [0.5, 0.6) is 0 Å². The molecule has 0 bridgehead atoms. The Morgan fingerprint density at radius 1 is 0.926 bits per heavy atom. The molecule has 2 aromatic carbocycles. The Hall–Kier alpha value is -3.74. The summed E-state index contributed by atoms with van der Waals surface area (Å²) < 4.78 is 5.13. The van der Waals surface area contributed by atoms with Crippen LogP contribution in [-0.2, 0) is 4.79 Å². The van der Waals surface area contributed by atoms with Crippen LogP contribution < -0.4 is 5.32 Å². The highest BCUT2D eigenvalue weighted by Crippen LogP contribution is 2.27. The minimum Gasteiger partial charge on any atom is -0.338 e. The first-order chi connectivity index (χ1) is 13.1. The van der Waals surface area contributed by atoms with Crippen molar-refractivity contribution < 1.29 is 18.9 Å². The quantitative estimate of drug-likeness (QED) is 0.705. The number of carbonyl (C=O) groups is 3. The second kappa shape index (κ2) is 6.87. The maximum absolute atomic E-state index is 12.3. The Morgan fingerprint density at radius 2 is 1.56 bits per heavy atom. The predicted octanol–water partition coefficient (Wildman–Crippen LogP) is 2.97. The van der Waals surface area contributed by atoms with E-state index < -0.39 is 0 Å². The summed E-state index contributed by atoms with van der Waals surface area (Å²) in [6.07, 6.45) is 1.48. The number of aromatic nitrogens is 1. The molecule has 0 unspecified atom stereocenters. The zero-order valence-electron chi connectivity index (χ0n) is 14.2. The Bertz CT molecular complexity index is 991. The van der Waals surface area contributed by atoms with Crippen LogP contribution in [0.1, 0.15) is 27.1 Å². The van der Waals surface area contributed by atoms with Gasteiger partial charge in [0.1, 0.15) is 0 Å². The van der Waals surface area contributed by atoms with Crippen molar-refractivity contribution in [3.8, 4) is 11.1 Å². The monoisotopic (exact) mass is 361 g/mol. The number of benzene rings is 2. The van der Waals surface area contributed by atoms with Gasteiger partial charge in [-0.25, -0.2) is 0 Å². The van der Waals surface area contributed by atoms with Crippen LogP contribution in [-0.4, -0.2) is 34.3 Å². The lowest BCUT2D eigenvalue weighted by molar-refractivity contribution is -0.116. The van der Waals surface area contributed by atoms with E-state index >= 15 is 0 Å². The maximum Gasteiger partial charge on any atom is 0.261 e. The van der Waals surface area contributed by atoms with Crippen molar-refractivity contribution in [2.45, 2.75) is 6.42 Å². The van der Waals surface area contributed by atoms with Crippen LogP contribution in [0.2, 0.25) is 0 Å². The normalized spacial score (nSPS) is 13.0. The first-order valence-electron chi connectivity index (χ1n) is 8.40. The van der Waals surface area contributed by atoms with Gasteiger partial charge in [0, 0.05) is 13.0 Å². The molecule has 0 saturated heterocycles. The van der Waals surface area contributed by atoms with Gasteiger partial charge in [0.15, 0.2) is 0 Å². The van der Waals surface area contributed by atoms with Crippen LogP contribution in [0.4, 0.5) is 5.88 Å². The lowest BCUT2D eigenvalue weighted by atomic mass is 10.1. The topological polar surface area (TPSA) is 92.5 Å². The zero-order chi connectivity index (χ0) is 18.8. The van der Waals surface area contributed by atoms with Crippen LogP contribution >= 0.6 is 0 Å². The van der Waals surface area contributed by atoms with Gasteiger partial charge in [-0.05, 0) is 17.7 Å². The van der Waals surface area contributed by atoms with E-state index in [1.54, 1.807) is 24.3 Å². The smallest absolute Gasteiger partial charge is 0.261 e. The van der Waals surface area contributed by atoms with Gasteiger partial charge in [-0.2, -0.15) is 0 Å². The second-order valence-corrected chi connectivity index (χ2v) is 6.04. The highest BCUT2D eigenvalue weighted by Gasteiger charge is 2.35. The lowest BCUT2D eigenvalue weighted by Crippen LogP contribution is -2.32. The van der Waals surface area contributed by atoms with Crippen LogP contribution in [0.3, 0.4) is 0 Å². The van der Waals surface area contributed by atoms with Crippen molar-refractivity contribution in [3.63, 3.8) is 0 Å². The molecule has 3 aromatic rings. The number of carbonyl (C=O) groups excluding carboxylic acids is 3. The van der Waals surface area contributed by atoms with Crippen molar-refractivity contribution in [2.24, 2.45) is 0 Å². The first-order valence-corrected chi connectivity index (χ1v) is 8.40. The summed E-state index contributed by atoms with van der Waals surface area (Å²) in [7, 11) is 0. The third kappa shape index (κ3) is 3.10. The van der Waals surface area contributed by atoms with E-state index in [0.29, 0.717) is 16.7 Å². The SMILES string of the molecule is O=C(CCN1C(=O)c2ccccc2C1=O)Nc1oncc1-c1ccccc1. The average Bonchev–Trinajstić information content (AvgIpc) is 3.25. The molecule has 2 heterocycles. The predicted molar refractivity (Wildman–Crippen MR) is 97.0 cm³/mol. The molecular formula is C20H15N3O4. The highest BCUT2D eigenvalue weighted by molar-refractivity contribution is 6.21. The number of fused-ring (bicyclic) bond motifs is 1. The van der Waals surface area contributed by atoms with Gasteiger partial charge in [-0.1, -0.05) is 47.6 Å². The van der Waals surface area contributed by atoms with Crippen molar-refractivity contribution >= 4 is 23.6 Å². The molecule has 3 amide bonds. The van der Waals surface area contributed by atoms with Gasteiger partial charge in [0.05, 0.1) is 22.9 Å². The summed E-state index contributed by atoms with van der Waals surface area (Å²) >= 11 is 0. The molecule has 27 heavy (non-hydrogen) atoms. The van der Waals surface area contributed by atoms with Crippen molar-refractivity contribution in [3.05, 3.63) is 71.9 Å². The molecule has 7 nitrogen and oxygen atoms in total. The van der Waals surface area contributed by atoms with Crippen LogP contribution in [0, 0.1) is 0 Å². The van der Waals surface area contributed by atoms with E-state index in [2.05, 4.69) is 10.5 Å². The molecule has 0 spiro atoms. The number of hydrogen-bond donors (Lipinski definition) is 1. The van der Waals surface area contributed by atoms with E-state index in [0.717, 1.165) is 10.5 Å². The van der Waals surface area contributed by atoms with Gasteiger partial charge in [0.25, 0.3) is 11.8 Å². The van der Waals surface area contributed by atoms with E-state index in [4.69, 9.17) is 4.52 Å². The summed E-state index contributed by atoms with van der Waals surface area (Å²) in [6.45, 7) is -0.00696. The minimum absolute atomic E-state index is 0.00696. The summed E-state index contributed by atoms with van der Waals surface area (Å²) in [5.41, 5.74) is 2.24. The molecular weight excluding hydrogens is 346 g/mol. The maximum atomic E-state index is 12.3. The molecule has 7 heteroatoms. The number of rotatable bonds is 5. The molecule has 0 fully saturated rings. The fraction of sp³-hybridized carbons (Fsp3) is 0.100. The number of imide groups is 1. The minimum atomic E-state index is -0.381. The number of hydrogen-bond acceptors (Lipinski definition) is 5. The number of nitrogens with zero attached hydrogens (tertiary/aromatic N) is 2. The molecule has 1 N–H and O–H groups in total. The molecule has 0 aliphatic carbocycles. The number of anilines is 1. The Balaban J connectivity index is 1.41. The van der Waals surface area contributed by atoms with Gasteiger partial charge in [0.2, 0.25) is 11.8 Å². The summed E-state index contributed by atoms with van der Waals surface area (Å²) in [6, 6.07) is 16.0. The van der Waals surface area contributed by atoms with E-state index in [-0.39, 0.29) is 36.6 Å². The molecule has 0 atom stereocenters. The van der Waals surface area contributed by atoms with Gasteiger partial charge < -0.3 is 4.52 Å². The van der Waals surface area contributed by atoms with E-state index in [1.165, 1.54) is 6.20 Å². The molecule has 1 aliphatic rings. The summed E-state index contributed by atoms with van der Waals surface area (Å²) in [4.78, 5) is 38.0. The third-order valence-electron chi connectivity index (χ3n) is 4.35. The first kappa shape index (κ1) is 16.7. The number of amides is 3.